The maximum absolute atomic E-state index is 5.40. The molecule has 0 bridgehead atoms. The molecule has 3 aromatic heterocycles. The quantitative estimate of drug-likeness (QED) is 0.648. The Labute approximate surface area is 151 Å². The van der Waals surface area contributed by atoms with Crippen LogP contribution in [0.15, 0.2) is 34.4 Å². The number of aromatic nitrogens is 4. The SMILES string of the molecule is Cc1nccn1C[C@H]1CCCN1CCCc1nc(-c2cccs2)no1. The normalized spacial score (nSPS) is 18.2. The highest BCUT2D eigenvalue weighted by Gasteiger charge is 2.24. The Balaban J connectivity index is 1.28. The fourth-order valence-electron chi connectivity index (χ4n) is 3.52. The van der Waals surface area contributed by atoms with Crippen molar-refractivity contribution in [2.75, 3.05) is 13.1 Å². The summed E-state index contributed by atoms with van der Waals surface area (Å²) in [6.07, 6.45) is 8.39. The summed E-state index contributed by atoms with van der Waals surface area (Å²) in [4.78, 5) is 12.5. The molecule has 132 valence electrons. The smallest absolute Gasteiger partial charge is 0.227 e. The van der Waals surface area contributed by atoms with Crippen molar-refractivity contribution in [2.45, 2.75) is 45.2 Å². The summed E-state index contributed by atoms with van der Waals surface area (Å²) in [6.45, 7) is 5.37. The van der Waals surface area contributed by atoms with Crippen LogP contribution < -0.4 is 0 Å². The highest BCUT2D eigenvalue weighted by Crippen LogP contribution is 2.22. The van der Waals surface area contributed by atoms with Crippen LogP contribution in [0.4, 0.5) is 0 Å². The third-order valence-electron chi connectivity index (χ3n) is 4.88. The van der Waals surface area contributed by atoms with E-state index in [1.165, 1.54) is 19.4 Å². The first-order valence-electron chi connectivity index (χ1n) is 8.88. The summed E-state index contributed by atoms with van der Waals surface area (Å²) in [5.74, 6) is 2.54. The Hall–Kier alpha value is -1.99. The van der Waals surface area contributed by atoms with Crippen molar-refractivity contribution in [3.63, 3.8) is 0 Å². The first-order valence-corrected chi connectivity index (χ1v) is 9.76. The van der Waals surface area contributed by atoms with Crippen LogP contribution in [0, 0.1) is 6.92 Å². The number of nitrogens with zero attached hydrogens (tertiary/aromatic N) is 5. The second-order valence-electron chi connectivity index (χ2n) is 6.55. The van der Waals surface area contributed by atoms with Crippen LogP contribution in [0.3, 0.4) is 0 Å². The van der Waals surface area contributed by atoms with E-state index in [-0.39, 0.29) is 0 Å². The van der Waals surface area contributed by atoms with Crippen LogP contribution in [0.2, 0.25) is 0 Å². The second kappa shape index (κ2) is 7.49. The van der Waals surface area contributed by atoms with Crippen molar-refractivity contribution in [1.82, 2.24) is 24.6 Å². The molecular weight excluding hydrogens is 334 g/mol. The van der Waals surface area contributed by atoms with Gasteiger partial charge < -0.3 is 9.09 Å². The number of likely N-dealkylation sites (tertiary alicyclic amines) is 1. The van der Waals surface area contributed by atoms with E-state index in [1.54, 1.807) is 11.3 Å². The van der Waals surface area contributed by atoms with Gasteiger partial charge in [-0.25, -0.2) is 4.98 Å². The maximum Gasteiger partial charge on any atom is 0.227 e. The van der Waals surface area contributed by atoms with E-state index in [2.05, 4.69) is 37.7 Å². The van der Waals surface area contributed by atoms with Gasteiger partial charge in [0, 0.05) is 31.4 Å². The van der Waals surface area contributed by atoms with Crippen molar-refractivity contribution in [2.24, 2.45) is 0 Å². The van der Waals surface area contributed by atoms with E-state index >= 15 is 0 Å². The molecule has 0 spiro atoms. The van der Waals surface area contributed by atoms with Crippen molar-refractivity contribution < 1.29 is 4.52 Å². The molecule has 1 saturated heterocycles. The molecule has 0 N–H and O–H groups in total. The first kappa shape index (κ1) is 16.5. The van der Waals surface area contributed by atoms with E-state index in [4.69, 9.17) is 4.52 Å². The van der Waals surface area contributed by atoms with Crippen LogP contribution in [0.5, 0.6) is 0 Å². The zero-order valence-corrected chi connectivity index (χ0v) is 15.3. The lowest BCUT2D eigenvalue weighted by molar-refractivity contribution is 0.226. The van der Waals surface area contributed by atoms with E-state index in [9.17, 15) is 0 Å². The summed E-state index contributed by atoms with van der Waals surface area (Å²) < 4.78 is 7.65. The van der Waals surface area contributed by atoms with Gasteiger partial charge in [0.2, 0.25) is 11.7 Å². The van der Waals surface area contributed by atoms with Gasteiger partial charge in [0.25, 0.3) is 0 Å². The summed E-state index contributed by atoms with van der Waals surface area (Å²) in [7, 11) is 0. The van der Waals surface area contributed by atoms with Gasteiger partial charge in [-0.3, -0.25) is 4.90 Å². The van der Waals surface area contributed by atoms with E-state index < -0.39 is 0 Å². The standard InChI is InChI=1S/C18H23N5OS/c1-14-19-8-11-23(14)13-15-5-2-9-22(15)10-3-7-17-20-18(21-24-17)16-6-4-12-25-16/h4,6,8,11-12,15H,2-3,5,7,9-10,13H2,1H3/t15-/m1/s1. The topological polar surface area (TPSA) is 60.0 Å². The largest absolute Gasteiger partial charge is 0.339 e. The number of rotatable bonds is 7. The molecule has 0 saturated carbocycles. The summed E-state index contributed by atoms with van der Waals surface area (Å²) >= 11 is 1.64. The van der Waals surface area contributed by atoms with Gasteiger partial charge in [0.05, 0.1) is 4.88 Å². The summed E-state index contributed by atoms with van der Waals surface area (Å²) in [6, 6.07) is 4.63. The Morgan fingerprint density at radius 2 is 2.36 bits per heavy atom. The van der Waals surface area contributed by atoms with Gasteiger partial charge in [-0.1, -0.05) is 11.2 Å². The maximum atomic E-state index is 5.40. The average Bonchev–Trinajstić information content (AvgIpc) is 3.38. The number of hydrogen-bond acceptors (Lipinski definition) is 6. The molecule has 0 aliphatic carbocycles. The third kappa shape index (κ3) is 3.82. The zero-order valence-electron chi connectivity index (χ0n) is 14.5. The van der Waals surface area contributed by atoms with Crippen LogP contribution in [-0.2, 0) is 13.0 Å². The number of imidazole rings is 1. The number of aryl methyl sites for hydroxylation is 2. The zero-order chi connectivity index (χ0) is 17.1. The van der Waals surface area contributed by atoms with Gasteiger partial charge in [-0.15, -0.1) is 11.3 Å². The highest BCUT2D eigenvalue weighted by molar-refractivity contribution is 7.13. The highest BCUT2D eigenvalue weighted by atomic mass is 32.1. The van der Waals surface area contributed by atoms with Gasteiger partial charge in [0.15, 0.2) is 0 Å². The average molecular weight is 357 g/mol. The van der Waals surface area contributed by atoms with Crippen molar-refractivity contribution in [3.05, 3.63) is 41.6 Å². The molecule has 3 aromatic rings. The molecule has 0 unspecified atom stereocenters. The van der Waals surface area contributed by atoms with E-state index in [0.717, 1.165) is 42.5 Å². The lowest BCUT2D eigenvalue weighted by Gasteiger charge is -2.25. The summed E-state index contributed by atoms with van der Waals surface area (Å²) in [5, 5.41) is 6.11. The molecule has 1 aliphatic heterocycles. The van der Waals surface area contributed by atoms with Crippen LogP contribution in [0.1, 0.15) is 31.0 Å². The molecule has 7 heteroatoms. The minimum absolute atomic E-state index is 0.609. The molecule has 0 radical (unpaired) electrons. The lowest BCUT2D eigenvalue weighted by Crippen LogP contribution is -2.34. The molecule has 25 heavy (non-hydrogen) atoms. The molecule has 1 fully saturated rings. The minimum Gasteiger partial charge on any atom is -0.339 e. The van der Waals surface area contributed by atoms with Crippen molar-refractivity contribution in [1.29, 1.82) is 0 Å². The molecule has 0 aromatic carbocycles. The van der Waals surface area contributed by atoms with E-state index in [1.807, 2.05) is 23.7 Å². The molecular formula is C18H23N5OS. The molecule has 4 rings (SSSR count). The van der Waals surface area contributed by atoms with E-state index in [0.29, 0.717) is 11.9 Å². The molecule has 1 aliphatic rings. The first-order chi connectivity index (χ1) is 12.3. The predicted octanol–water partition coefficient (Wildman–Crippen LogP) is 3.40. The Morgan fingerprint density at radius 3 is 3.16 bits per heavy atom. The fraction of sp³-hybridized carbons (Fsp3) is 0.500. The molecule has 6 nitrogen and oxygen atoms in total. The molecule has 1 atom stereocenters. The lowest BCUT2D eigenvalue weighted by atomic mass is 10.2. The van der Waals surface area contributed by atoms with Gasteiger partial charge in [-0.05, 0) is 50.7 Å². The second-order valence-corrected chi connectivity index (χ2v) is 7.50. The van der Waals surface area contributed by atoms with Crippen molar-refractivity contribution in [3.8, 4) is 10.7 Å². The van der Waals surface area contributed by atoms with Gasteiger partial charge >= 0.3 is 0 Å². The van der Waals surface area contributed by atoms with Gasteiger partial charge in [-0.2, -0.15) is 4.98 Å². The van der Waals surface area contributed by atoms with Crippen LogP contribution in [0.25, 0.3) is 10.7 Å². The molecule has 4 heterocycles. The Morgan fingerprint density at radius 1 is 1.40 bits per heavy atom. The fourth-order valence-corrected chi connectivity index (χ4v) is 4.16. The predicted molar refractivity (Wildman–Crippen MR) is 97.5 cm³/mol. The van der Waals surface area contributed by atoms with Crippen LogP contribution in [-0.4, -0.2) is 43.7 Å². The van der Waals surface area contributed by atoms with Gasteiger partial charge in [0.1, 0.15) is 5.82 Å². The minimum atomic E-state index is 0.609. The Bertz CT molecular complexity index is 794. The Kier molecular flexibility index (Phi) is 4.94. The number of hydrogen-bond donors (Lipinski definition) is 0. The summed E-state index contributed by atoms with van der Waals surface area (Å²) in [5.41, 5.74) is 0. The molecule has 0 amide bonds. The third-order valence-corrected chi connectivity index (χ3v) is 5.74. The van der Waals surface area contributed by atoms with Crippen molar-refractivity contribution >= 4 is 11.3 Å². The number of thiophene rings is 1. The monoisotopic (exact) mass is 357 g/mol. The van der Waals surface area contributed by atoms with Crippen LogP contribution >= 0.6 is 11.3 Å².